The summed E-state index contributed by atoms with van der Waals surface area (Å²) in [6.45, 7) is 0. The van der Waals surface area contributed by atoms with Crippen molar-refractivity contribution in [2.75, 3.05) is 0 Å². The van der Waals surface area contributed by atoms with E-state index < -0.39 is 15.6 Å². The maximum absolute atomic E-state index is 10.7. The monoisotopic (exact) mass is 382 g/mol. The zero-order valence-electron chi connectivity index (χ0n) is 12.1. The number of phenolic OH excluding ortho intramolecular Hbond substituents is 1. The summed E-state index contributed by atoms with van der Waals surface area (Å²) in [5.41, 5.74) is -1.13. The van der Waals surface area contributed by atoms with Crippen molar-refractivity contribution in [1.82, 2.24) is 0 Å². The number of benzene rings is 2. The quantitative estimate of drug-likeness (QED) is 0.425. The third-order valence-electron chi connectivity index (χ3n) is 2.86. The zero-order chi connectivity index (χ0) is 16.3. The molecule has 2 rings (SSSR count). The maximum atomic E-state index is 10.7. The van der Waals surface area contributed by atoms with Crippen molar-refractivity contribution in [1.29, 1.82) is 0 Å². The van der Waals surface area contributed by atoms with Crippen LogP contribution in [0.3, 0.4) is 0 Å². The van der Waals surface area contributed by atoms with Gasteiger partial charge in [-0.1, -0.05) is 35.9 Å². The molecule has 0 spiro atoms. The van der Waals surface area contributed by atoms with Crippen molar-refractivity contribution >= 4 is 33.5 Å². The van der Waals surface area contributed by atoms with Crippen LogP contribution in [0.15, 0.2) is 47.4 Å². The summed E-state index contributed by atoms with van der Waals surface area (Å²) in [5, 5.41) is 19.0. The average molecular weight is 383 g/mol. The Labute approximate surface area is 165 Å². The van der Waals surface area contributed by atoms with E-state index >= 15 is 0 Å². The summed E-state index contributed by atoms with van der Waals surface area (Å²) < 4.78 is 32.2. The van der Waals surface area contributed by atoms with E-state index in [1.54, 1.807) is 24.3 Å². The maximum Gasteiger partial charge on any atom is 1.00 e. The van der Waals surface area contributed by atoms with Crippen LogP contribution in [0.1, 0.15) is 16.6 Å². The molecule has 0 heterocycles. The van der Waals surface area contributed by atoms with Crippen molar-refractivity contribution < 1.29 is 52.7 Å². The molecule has 0 aliphatic heterocycles. The van der Waals surface area contributed by atoms with Crippen molar-refractivity contribution in [3.05, 3.63) is 58.6 Å². The first kappa shape index (κ1) is 20.8. The molecular formula is C14H12ClNaO5S2. The molecule has 5 nitrogen and oxygen atoms in total. The molecule has 0 bridgehead atoms. The van der Waals surface area contributed by atoms with E-state index in [1.165, 1.54) is 30.0 Å². The molecule has 0 aromatic heterocycles. The minimum absolute atomic E-state index is 0. The van der Waals surface area contributed by atoms with Gasteiger partial charge in [-0.2, -0.15) is 0 Å². The van der Waals surface area contributed by atoms with Crippen LogP contribution >= 0.6 is 23.4 Å². The smallest absolute Gasteiger partial charge is 0.746 e. The molecule has 0 saturated carbocycles. The second-order valence-corrected chi connectivity index (χ2v) is 7.38. The molecule has 2 N–H and O–H groups in total. The van der Waals surface area contributed by atoms with Crippen molar-refractivity contribution in [3.8, 4) is 5.75 Å². The van der Waals surface area contributed by atoms with Crippen molar-refractivity contribution in [3.63, 3.8) is 0 Å². The van der Waals surface area contributed by atoms with E-state index in [4.69, 9.17) is 11.6 Å². The second-order valence-electron chi connectivity index (χ2n) is 4.49. The molecule has 1 atom stereocenters. The summed E-state index contributed by atoms with van der Waals surface area (Å²) in [4.78, 5) is 0.869. The van der Waals surface area contributed by atoms with Crippen LogP contribution in [-0.2, 0) is 15.9 Å². The Morgan fingerprint density at radius 2 is 1.78 bits per heavy atom. The number of aliphatic hydroxyl groups excluding tert-OH is 1. The Balaban J connectivity index is 0.00000264. The van der Waals surface area contributed by atoms with Crippen LogP contribution in [0.5, 0.6) is 5.75 Å². The van der Waals surface area contributed by atoms with E-state index in [-0.39, 0.29) is 45.9 Å². The van der Waals surface area contributed by atoms with Crippen LogP contribution in [0.4, 0.5) is 0 Å². The van der Waals surface area contributed by atoms with Crippen LogP contribution in [-0.4, -0.2) is 23.2 Å². The normalized spacial score (nSPS) is 12.5. The zero-order valence-corrected chi connectivity index (χ0v) is 16.5. The fraction of sp³-hybridized carbons (Fsp3) is 0.143. The summed E-state index contributed by atoms with van der Waals surface area (Å²) >= 11 is 7.29. The van der Waals surface area contributed by atoms with Crippen LogP contribution in [0, 0.1) is 0 Å². The van der Waals surface area contributed by atoms with Gasteiger partial charge < -0.3 is 14.8 Å². The number of rotatable bonds is 5. The topological polar surface area (TPSA) is 97.7 Å². The summed E-state index contributed by atoms with van der Waals surface area (Å²) in [5.74, 6) is 0.602. The number of halogens is 1. The van der Waals surface area contributed by atoms with Gasteiger partial charge in [0.15, 0.2) is 5.44 Å². The molecule has 0 amide bonds. The third-order valence-corrected chi connectivity index (χ3v) is 5.05. The van der Waals surface area contributed by atoms with Gasteiger partial charge >= 0.3 is 29.6 Å². The van der Waals surface area contributed by atoms with E-state index in [2.05, 4.69) is 0 Å². The number of hydrogen-bond donors (Lipinski definition) is 2. The van der Waals surface area contributed by atoms with Gasteiger partial charge in [0.1, 0.15) is 15.9 Å². The summed E-state index contributed by atoms with van der Waals surface area (Å²) in [6.07, 6.45) is 0. The Morgan fingerprint density at radius 1 is 1.17 bits per heavy atom. The fourth-order valence-electron chi connectivity index (χ4n) is 1.69. The van der Waals surface area contributed by atoms with E-state index in [0.29, 0.717) is 5.75 Å². The van der Waals surface area contributed by atoms with Crippen LogP contribution in [0.25, 0.3) is 0 Å². The first-order valence-corrected chi connectivity index (χ1v) is 8.94. The number of aromatic hydroxyl groups is 1. The molecule has 0 radical (unpaired) electrons. The average Bonchev–Trinajstić information content (AvgIpc) is 2.47. The third kappa shape index (κ3) is 5.95. The Bertz CT molecular complexity index is 765. The van der Waals surface area contributed by atoms with Crippen molar-refractivity contribution in [2.45, 2.75) is 16.1 Å². The number of thioether (sulfide) groups is 1. The van der Waals surface area contributed by atoms with E-state index in [9.17, 15) is 23.2 Å². The van der Waals surface area contributed by atoms with Crippen molar-refractivity contribution in [2.24, 2.45) is 0 Å². The molecule has 2 aromatic carbocycles. The van der Waals surface area contributed by atoms with Gasteiger partial charge in [-0.3, -0.25) is 0 Å². The van der Waals surface area contributed by atoms with Gasteiger partial charge in [-0.05, 0) is 29.3 Å². The summed E-state index contributed by atoms with van der Waals surface area (Å²) in [6, 6.07) is 11.0. The first-order valence-electron chi connectivity index (χ1n) is 6.10. The SMILES string of the molecule is O=S(=O)([O-])C(O)c1ccc(CSc2ccc(O)c(Cl)c2)cc1.[Na+]. The van der Waals surface area contributed by atoms with Crippen LogP contribution < -0.4 is 29.6 Å². The Morgan fingerprint density at radius 3 is 2.30 bits per heavy atom. The summed E-state index contributed by atoms with van der Waals surface area (Å²) in [7, 11) is -4.77. The van der Waals surface area contributed by atoms with Gasteiger partial charge in [-0.15, -0.1) is 11.8 Å². The number of phenols is 1. The second kappa shape index (κ2) is 8.73. The number of hydrogen-bond acceptors (Lipinski definition) is 6. The van der Waals surface area contributed by atoms with E-state index in [1.807, 2.05) is 0 Å². The molecule has 2 aromatic rings. The van der Waals surface area contributed by atoms with Gasteiger partial charge in [-0.25, -0.2) is 8.42 Å². The molecule has 23 heavy (non-hydrogen) atoms. The Hall–Kier alpha value is -0.250. The molecule has 9 heteroatoms. The van der Waals surface area contributed by atoms with Crippen LogP contribution in [0.2, 0.25) is 5.02 Å². The Kier molecular flexibility index (Phi) is 7.89. The van der Waals surface area contributed by atoms with Gasteiger partial charge in [0, 0.05) is 10.6 Å². The molecular weight excluding hydrogens is 371 g/mol. The van der Waals surface area contributed by atoms with Gasteiger partial charge in [0.25, 0.3) is 0 Å². The minimum atomic E-state index is -4.77. The molecule has 0 fully saturated rings. The van der Waals surface area contributed by atoms with Gasteiger partial charge in [0.2, 0.25) is 0 Å². The number of aliphatic hydroxyl groups is 1. The largest absolute Gasteiger partial charge is 1.00 e. The van der Waals surface area contributed by atoms with E-state index in [0.717, 1.165) is 10.5 Å². The predicted molar refractivity (Wildman–Crippen MR) is 83.8 cm³/mol. The molecule has 0 saturated heterocycles. The standard InChI is InChI=1S/C14H13ClO5S2.Na/c15-12-7-11(5-6-13(12)16)21-8-9-1-3-10(4-2-9)14(17)22(18,19)20;/h1-7,14,16-17H,8H2,(H,18,19,20);/q;+1/p-1. The molecule has 118 valence electrons. The molecule has 1 unspecified atom stereocenters. The van der Waals surface area contributed by atoms with Gasteiger partial charge in [0.05, 0.1) is 5.02 Å². The predicted octanol–water partition coefficient (Wildman–Crippen LogP) is -0.122. The first-order chi connectivity index (χ1) is 10.3. The minimum Gasteiger partial charge on any atom is -0.746 e. The molecule has 0 aliphatic carbocycles. The molecule has 0 aliphatic rings. The fourth-order valence-corrected chi connectivity index (χ4v) is 3.32.